The molecule has 132 valence electrons. The first-order chi connectivity index (χ1) is 10.8. The van der Waals surface area contributed by atoms with Gasteiger partial charge in [0.05, 0.1) is 20.8 Å². The number of rotatable bonds is 9. The van der Waals surface area contributed by atoms with Gasteiger partial charge < -0.3 is 14.8 Å². The number of halogens is 3. The van der Waals surface area contributed by atoms with Crippen molar-refractivity contribution in [1.82, 2.24) is 10.2 Å². The number of nitrogens with one attached hydrogen (secondary N) is 1. The third kappa shape index (κ3) is 6.66. The average Bonchev–Trinajstić information content (AvgIpc) is 2.49. The minimum atomic E-state index is -4.16. The fraction of sp³-hybridized carbons (Fsp3) is 0.625. The zero-order valence-corrected chi connectivity index (χ0v) is 14.0. The lowest BCUT2D eigenvalue weighted by atomic mass is 10.0. The van der Waals surface area contributed by atoms with Crippen LogP contribution in [-0.4, -0.2) is 52.0 Å². The van der Waals surface area contributed by atoms with Gasteiger partial charge in [0.25, 0.3) is 0 Å². The van der Waals surface area contributed by atoms with Gasteiger partial charge in [0, 0.05) is 19.1 Å². The van der Waals surface area contributed by atoms with Gasteiger partial charge in [0.2, 0.25) is 0 Å². The highest BCUT2D eigenvalue weighted by atomic mass is 19.4. The van der Waals surface area contributed by atoms with Gasteiger partial charge in [0.15, 0.2) is 11.5 Å². The van der Waals surface area contributed by atoms with Gasteiger partial charge >= 0.3 is 6.18 Å². The van der Waals surface area contributed by atoms with Gasteiger partial charge in [-0.2, -0.15) is 13.2 Å². The minimum Gasteiger partial charge on any atom is -0.493 e. The molecule has 1 N–H and O–H groups in total. The molecule has 1 atom stereocenters. The molecule has 0 aliphatic rings. The standard InChI is InChI=1S/C16H25F3N2O2/c1-5-13(20-8-9-21(2)11-16(17,18)19)12-6-7-14(22-3)15(10-12)23-4/h6-7,10,13,20H,5,8-9,11H2,1-4H3. The summed E-state index contributed by atoms with van der Waals surface area (Å²) in [6.07, 6.45) is -3.35. The van der Waals surface area contributed by atoms with Gasteiger partial charge in [0.1, 0.15) is 0 Å². The quantitative estimate of drug-likeness (QED) is 0.752. The van der Waals surface area contributed by atoms with E-state index in [1.807, 2.05) is 25.1 Å². The molecule has 0 radical (unpaired) electrons. The van der Waals surface area contributed by atoms with Crippen LogP contribution in [0.25, 0.3) is 0 Å². The van der Waals surface area contributed by atoms with Crippen molar-refractivity contribution in [3.63, 3.8) is 0 Å². The van der Waals surface area contributed by atoms with Crippen molar-refractivity contribution in [3.05, 3.63) is 23.8 Å². The van der Waals surface area contributed by atoms with E-state index in [9.17, 15) is 13.2 Å². The number of benzene rings is 1. The monoisotopic (exact) mass is 334 g/mol. The van der Waals surface area contributed by atoms with Crippen LogP contribution in [0.15, 0.2) is 18.2 Å². The van der Waals surface area contributed by atoms with E-state index in [2.05, 4.69) is 5.32 Å². The lowest BCUT2D eigenvalue weighted by Crippen LogP contribution is -2.36. The number of nitrogens with zero attached hydrogens (tertiary/aromatic N) is 1. The minimum absolute atomic E-state index is 0.0501. The molecule has 0 fully saturated rings. The number of alkyl halides is 3. The molecule has 0 saturated heterocycles. The van der Waals surface area contributed by atoms with Crippen molar-refractivity contribution >= 4 is 0 Å². The summed E-state index contributed by atoms with van der Waals surface area (Å²) in [4.78, 5) is 1.26. The average molecular weight is 334 g/mol. The number of methoxy groups -OCH3 is 2. The Morgan fingerprint density at radius 1 is 1.17 bits per heavy atom. The van der Waals surface area contributed by atoms with Crippen LogP contribution in [0.5, 0.6) is 11.5 Å². The van der Waals surface area contributed by atoms with Crippen LogP contribution < -0.4 is 14.8 Å². The fourth-order valence-electron chi connectivity index (χ4n) is 2.38. The predicted molar refractivity (Wildman–Crippen MR) is 84.1 cm³/mol. The summed E-state index contributed by atoms with van der Waals surface area (Å²) >= 11 is 0. The molecule has 1 aromatic carbocycles. The highest BCUT2D eigenvalue weighted by molar-refractivity contribution is 5.43. The SMILES string of the molecule is CCC(NCCN(C)CC(F)(F)F)c1ccc(OC)c(OC)c1. The van der Waals surface area contributed by atoms with E-state index >= 15 is 0 Å². The van der Waals surface area contributed by atoms with Crippen LogP contribution in [0.1, 0.15) is 24.9 Å². The largest absolute Gasteiger partial charge is 0.493 e. The Labute approximate surface area is 135 Å². The smallest absolute Gasteiger partial charge is 0.401 e. The van der Waals surface area contributed by atoms with Crippen LogP contribution in [0.4, 0.5) is 13.2 Å². The number of likely N-dealkylation sites (N-methyl/N-ethyl adjacent to an activating group) is 1. The molecule has 0 aliphatic heterocycles. The number of hydrogen-bond donors (Lipinski definition) is 1. The molecule has 1 aromatic rings. The zero-order valence-electron chi connectivity index (χ0n) is 14.0. The van der Waals surface area contributed by atoms with Crippen molar-refractivity contribution in [1.29, 1.82) is 0 Å². The number of hydrogen-bond acceptors (Lipinski definition) is 4. The Hall–Kier alpha value is -1.47. The van der Waals surface area contributed by atoms with Crippen molar-refractivity contribution in [3.8, 4) is 11.5 Å². The second kappa shape index (κ2) is 8.98. The summed E-state index contributed by atoms with van der Waals surface area (Å²) in [7, 11) is 4.61. The van der Waals surface area contributed by atoms with Crippen LogP contribution in [0, 0.1) is 0 Å². The van der Waals surface area contributed by atoms with E-state index < -0.39 is 12.7 Å². The summed E-state index contributed by atoms with van der Waals surface area (Å²) < 4.78 is 47.4. The Balaban J connectivity index is 2.60. The first kappa shape index (κ1) is 19.6. The third-order valence-electron chi connectivity index (χ3n) is 3.55. The summed E-state index contributed by atoms with van der Waals surface area (Å²) in [5.41, 5.74) is 1.02. The number of ether oxygens (including phenoxy) is 2. The van der Waals surface area contributed by atoms with E-state index in [4.69, 9.17) is 9.47 Å². The zero-order chi connectivity index (χ0) is 17.5. The van der Waals surface area contributed by atoms with Gasteiger partial charge in [-0.25, -0.2) is 0 Å². The highest BCUT2D eigenvalue weighted by Crippen LogP contribution is 2.30. The molecule has 0 amide bonds. The van der Waals surface area contributed by atoms with Crippen LogP contribution >= 0.6 is 0 Å². The Morgan fingerprint density at radius 2 is 1.83 bits per heavy atom. The first-order valence-electron chi connectivity index (χ1n) is 7.51. The van der Waals surface area contributed by atoms with Gasteiger partial charge in [-0.15, -0.1) is 0 Å². The summed E-state index contributed by atoms with van der Waals surface area (Å²) in [6.45, 7) is 1.92. The van der Waals surface area contributed by atoms with Crippen LogP contribution in [0.3, 0.4) is 0 Å². The van der Waals surface area contributed by atoms with Crippen molar-refractivity contribution in [2.75, 3.05) is 40.9 Å². The second-order valence-corrected chi connectivity index (χ2v) is 5.38. The van der Waals surface area contributed by atoms with Crippen molar-refractivity contribution in [2.45, 2.75) is 25.6 Å². The second-order valence-electron chi connectivity index (χ2n) is 5.38. The lowest BCUT2D eigenvalue weighted by molar-refractivity contribution is -0.142. The van der Waals surface area contributed by atoms with Crippen LogP contribution in [0.2, 0.25) is 0 Å². The van der Waals surface area contributed by atoms with Crippen molar-refractivity contribution in [2.24, 2.45) is 0 Å². The molecule has 0 heterocycles. The topological polar surface area (TPSA) is 33.7 Å². The maximum atomic E-state index is 12.3. The highest BCUT2D eigenvalue weighted by Gasteiger charge is 2.28. The van der Waals surface area contributed by atoms with E-state index in [-0.39, 0.29) is 6.04 Å². The molecule has 4 nitrogen and oxygen atoms in total. The normalized spacial score (nSPS) is 13.2. The molecule has 0 bridgehead atoms. The molecule has 23 heavy (non-hydrogen) atoms. The Bertz CT molecular complexity index is 481. The first-order valence-corrected chi connectivity index (χ1v) is 7.51. The Kier molecular flexibility index (Phi) is 7.64. The van der Waals surface area contributed by atoms with E-state index in [1.54, 1.807) is 14.2 Å². The van der Waals surface area contributed by atoms with Crippen molar-refractivity contribution < 1.29 is 22.6 Å². The molecular weight excluding hydrogens is 309 g/mol. The van der Waals surface area contributed by atoms with Gasteiger partial charge in [-0.05, 0) is 31.2 Å². The van der Waals surface area contributed by atoms with E-state index in [1.165, 1.54) is 11.9 Å². The molecule has 0 saturated carbocycles. The van der Waals surface area contributed by atoms with Gasteiger partial charge in [-0.3, -0.25) is 4.90 Å². The maximum Gasteiger partial charge on any atom is 0.401 e. The summed E-state index contributed by atoms with van der Waals surface area (Å²) in [5, 5.41) is 3.29. The molecule has 0 spiro atoms. The lowest BCUT2D eigenvalue weighted by Gasteiger charge is -2.22. The molecule has 0 aromatic heterocycles. The van der Waals surface area contributed by atoms with E-state index in [0.29, 0.717) is 24.6 Å². The summed E-state index contributed by atoms with van der Waals surface area (Å²) in [5.74, 6) is 1.29. The third-order valence-corrected chi connectivity index (χ3v) is 3.55. The molecular formula is C16H25F3N2O2. The summed E-state index contributed by atoms with van der Waals surface area (Å²) in [6, 6.07) is 5.70. The Morgan fingerprint density at radius 3 is 2.35 bits per heavy atom. The fourth-order valence-corrected chi connectivity index (χ4v) is 2.38. The predicted octanol–water partition coefficient (Wildman–Crippen LogP) is 3.24. The van der Waals surface area contributed by atoms with Gasteiger partial charge in [-0.1, -0.05) is 13.0 Å². The molecule has 1 unspecified atom stereocenters. The van der Waals surface area contributed by atoms with E-state index in [0.717, 1.165) is 12.0 Å². The van der Waals surface area contributed by atoms with Crippen LogP contribution in [-0.2, 0) is 0 Å². The maximum absolute atomic E-state index is 12.3. The molecule has 1 rings (SSSR count). The molecule has 7 heteroatoms. The molecule has 0 aliphatic carbocycles.